The minimum absolute atomic E-state index is 0.118. The summed E-state index contributed by atoms with van der Waals surface area (Å²) in [5, 5.41) is 8.69. The lowest BCUT2D eigenvalue weighted by atomic mass is 9.86. The number of hydrogen-bond donors (Lipinski definition) is 1. The third-order valence-electron chi connectivity index (χ3n) is 2.07. The van der Waals surface area contributed by atoms with E-state index in [1.165, 1.54) is 0 Å². The van der Waals surface area contributed by atoms with E-state index in [1.54, 1.807) is 6.92 Å². The molecule has 0 heterocycles. The zero-order valence-corrected chi connectivity index (χ0v) is 7.42. The van der Waals surface area contributed by atoms with Gasteiger partial charge in [0.1, 0.15) is 0 Å². The van der Waals surface area contributed by atoms with Crippen molar-refractivity contribution in [1.82, 2.24) is 0 Å². The second kappa shape index (κ2) is 4.16. The lowest BCUT2D eigenvalue weighted by molar-refractivity contribution is -0.142. The van der Waals surface area contributed by atoms with Gasteiger partial charge in [0.2, 0.25) is 0 Å². The van der Waals surface area contributed by atoms with Crippen LogP contribution >= 0.6 is 0 Å². The molecule has 2 nitrogen and oxygen atoms in total. The molecule has 1 N–H and O–H groups in total. The molecule has 0 radical (unpaired) electrons. The maximum Gasteiger partial charge on any atom is 0.306 e. The first kappa shape index (κ1) is 10.2. The second-order valence-electron chi connectivity index (χ2n) is 2.99. The topological polar surface area (TPSA) is 37.3 Å². The van der Waals surface area contributed by atoms with Crippen LogP contribution in [-0.2, 0) is 4.79 Å². The predicted molar refractivity (Wildman–Crippen MR) is 45.4 cm³/mol. The molecular formula is C9H16O2. The van der Waals surface area contributed by atoms with E-state index in [4.69, 9.17) is 5.11 Å². The molecule has 11 heavy (non-hydrogen) atoms. The zero-order chi connectivity index (χ0) is 9.02. The molecule has 0 fully saturated rings. The summed E-state index contributed by atoms with van der Waals surface area (Å²) < 4.78 is 0. The highest BCUT2D eigenvalue weighted by Crippen LogP contribution is 2.22. The summed E-state index contributed by atoms with van der Waals surface area (Å²) in [6, 6.07) is 0. The molecule has 2 atom stereocenters. The van der Waals surface area contributed by atoms with E-state index in [1.807, 2.05) is 13.8 Å². The largest absolute Gasteiger partial charge is 0.481 e. The highest BCUT2D eigenvalue weighted by Gasteiger charge is 2.21. The molecule has 0 aromatic heterocycles. The lowest BCUT2D eigenvalue weighted by Gasteiger charge is -2.18. The third-order valence-corrected chi connectivity index (χ3v) is 2.07. The van der Waals surface area contributed by atoms with Crippen molar-refractivity contribution in [3.05, 3.63) is 12.2 Å². The molecule has 0 bridgehead atoms. The fourth-order valence-corrected chi connectivity index (χ4v) is 1.30. The Morgan fingerprint density at radius 3 is 2.18 bits per heavy atom. The summed E-state index contributed by atoms with van der Waals surface area (Å²) in [6.45, 7) is 9.36. The first-order chi connectivity index (χ1) is 5.00. The highest BCUT2D eigenvalue weighted by atomic mass is 16.4. The molecule has 0 aliphatic carbocycles. The van der Waals surface area contributed by atoms with Gasteiger partial charge in [-0.15, -0.1) is 0 Å². The molecule has 0 aromatic carbocycles. The van der Waals surface area contributed by atoms with Crippen molar-refractivity contribution < 1.29 is 9.90 Å². The van der Waals surface area contributed by atoms with Crippen LogP contribution in [0.3, 0.4) is 0 Å². The Balaban J connectivity index is 4.25. The van der Waals surface area contributed by atoms with Gasteiger partial charge in [-0.3, -0.25) is 4.79 Å². The van der Waals surface area contributed by atoms with Crippen molar-refractivity contribution in [2.75, 3.05) is 0 Å². The Hall–Kier alpha value is -0.790. The number of allylic oxidation sites excluding steroid dienone is 1. The van der Waals surface area contributed by atoms with E-state index in [9.17, 15) is 4.79 Å². The van der Waals surface area contributed by atoms with Crippen LogP contribution in [-0.4, -0.2) is 11.1 Å². The first-order valence-electron chi connectivity index (χ1n) is 3.88. The van der Waals surface area contributed by atoms with Gasteiger partial charge in [0.25, 0.3) is 0 Å². The quantitative estimate of drug-likeness (QED) is 0.634. The fraction of sp³-hybridized carbons (Fsp3) is 0.667. The van der Waals surface area contributed by atoms with Gasteiger partial charge < -0.3 is 5.11 Å². The van der Waals surface area contributed by atoms with Gasteiger partial charge in [-0.2, -0.15) is 0 Å². The maximum absolute atomic E-state index is 10.6. The number of rotatable bonds is 4. The Bertz CT molecular complexity index is 161. The van der Waals surface area contributed by atoms with E-state index >= 15 is 0 Å². The number of aliphatic carboxylic acids is 1. The molecule has 0 saturated carbocycles. The van der Waals surface area contributed by atoms with Crippen molar-refractivity contribution in [1.29, 1.82) is 0 Å². The number of hydrogen-bond acceptors (Lipinski definition) is 1. The van der Waals surface area contributed by atoms with Crippen molar-refractivity contribution >= 4 is 5.97 Å². The summed E-state index contributed by atoms with van der Waals surface area (Å²) in [7, 11) is 0. The van der Waals surface area contributed by atoms with Gasteiger partial charge in [0.15, 0.2) is 0 Å². The van der Waals surface area contributed by atoms with Crippen molar-refractivity contribution in [3.8, 4) is 0 Å². The van der Waals surface area contributed by atoms with Gasteiger partial charge in [-0.1, -0.05) is 26.0 Å². The zero-order valence-electron chi connectivity index (χ0n) is 7.42. The van der Waals surface area contributed by atoms with Gasteiger partial charge in [-0.25, -0.2) is 0 Å². The minimum atomic E-state index is -0.736. The molecule has 0 spiro atoms. The van der Waals surface area contributed by atoms with Crippen molar-refractivity contribution in [2.45, 2.75) is 27.2 Å². The summed E-state index contributed by atoms with van der Waals surface area (Å²) >= 11 is 0. The molecule has 2 heteroatoms. The maximum atomic E-state index is 10.6. The molecule has 0 rings (SSSR count). The average Bonchev–Trinajstić information content (AvgIpc) is 1.88. The molecule has 64 valence electrons. The van der Waals surface area contributed by atoms with Gasteiger partial charge in [-0.05, 0) is 19.3 Å². The lowest BCUT2D eigenvalue weighted by Crippen LogP contribution is -2.20. The van der Waals surface area contributed by atoms with Crippen LogP contribution in [0.15, 0.2) is 12.2 Å². The summed E-state index contributed by atoms with van der Waals surface area (Å²) in [5.41, 5.74) is 0.961. The van der Waals surface area contributed by atoms with Crippen LogP contribution in [0.25, 0.3) is 0 Å². The van der Waals surface area contributed by atoms with Crippen molar-refractivity contribution in [3.63, 3.8) is 0 Å². The molecule has 0 aromatic rings. The molecule has 0 saturated heterocycles. The average molecular weight is 156 g/mol. The third kappa shape index (κ3) is 2.74. The Morgan fingerprint density at radius 1 is 1.64 bits per heavy atom. The van der Waals surface area contributed by atoms with Crippen LogP contribution in [0.2, 0.25) is 0 Å². The van der Waals surface area contributed by atoms with E-state index in [2.05, 4.69) is 6.58 Å². The molecule has 0 amide bonds. The van der Waals surface area contributed by atoms with Crippen molar-refractivity contribution in [2.24, 2.45) is 11.8 Å². The van der Waals surface area contributed by atoms with Crippen LogP contribution in [0.5, 0.6) is 0 Å². The summed E-state index contributed by atoms with van der Waals surface area (Å²) in [4.78, 5) is 10.6. The van der Waals surface area contributed by atoms with Crippen LogP contribution in [0, 0.1) is 11.8 Å². The standard InChI is InChI=1S/C9H16O2/c1-5-8(6(2)3)7(4)9(10)11/h7-8H,2,5H2,1,3-4H3,(H,10,11)/t7-,8-/m0/s1. The SMILES string of the molecule is C=C(C)[C@H](CC)[C@H](C)C(=O)O. The van der Waals surface area contributed by atoms with E-state index in [0.29, 0.717) is 0 Å². The van der Waals surface area contributed by atoms with Crippen LogP contribution in [0.4, 0.5) is 0 Å². The second-order valence-corrected chi connectivity index (χ2v) is 2.99. The normalized spacial score (nSPS) is 15.5. The Kier molecular flexibility index (Phi) is 3.86. The highest BCUT2D eigenvalue weighted by molar-refractivity contribution is 5.70. The van der Waals surface area contributed by atoms with E-state index in [0.717, 1.165) is 12.0 Å². The van der Waals surface area contributed by atoms with Crippen LogP contribution < -0.4 is 0 Å². The summed E-state index contributed by atoms with van der Waals surface area (Å²) in [5.74, 6) is -0.926. The van der Waals surface area contributed by atoms with E-state index in [-0.39, 0.29) is 11.8 Å². The van der Waals surface area contributed by atoms with Gasteiger partial charge in [0, 0.05) is 0 Å². The molecular weight excluding hydrogens is 140 g/mol. The first-order valence-corrected chi connectivity index (χ1v) is 3.88. The number of carboxylic acids is 1. The Labute approximate surface area is 67.9 Å². The fourth-order valence-electron chi connectivity index (χ4n) is 1.30. The van der Waals surface area contributed by atoms with Gasteiger partial charge in [0.05, 0.1) is 5.92 Å². The minimum Gasteiger partial charge on any atom is -0.481 e. The molecule has 0 unspecified atom stereocenters. The van der Waals surface area contributed by atoms with Gasteiger partial charge >= 0.3 is 5.97 Å². The molecule has 0 aliphatic heterocycles. The number of carboxylic acid groups (broad SMARTS) is 1. The smallest absolute Gasteiger partial charge is 0.306 e. The van der Waals surface area contributed by atoms with E-state index < -0.39 is 5.97 Å². The monoisotopic (exact) mass is 156 g/mol. The Morgan fingerprint density at radius 2 is 2.09 bits per heavy atom. The molecule has 0 aliphatic rings. The van der Waals surface area contributed by atoms with Crippen LogP contribution in [0.1, 0.15) is 27.2 Å². The predicted octanol–water partition coefficient (Wildman–Crippen LogP) is 2.31. The number of carbonyl (C=O) groups is 1. The summed E-state index contributed by atoms with van der Waals surface area (Å²) in [6.07, 6.45) is 0.850.